The lowest BCUT2D eigenvalue weighted by atomic mass is 10.2. The maximum absolute atomic E-state index is 9.87. The molecule has 0 aromatic carbocycles. The minimum Gasteiger partial charge on any atom is -0.481 e. The van der Waals surface area contributed by atoms with Crippen LogP contribution in [0.4, 0.5) is 0 Å². The molecule has 1 fully saturated rings. The van der Waals surface area contributed by atoms with Crippen molar-refractivity contribution in [2.24, 2.45) is 4.99 Å². The summed E-state index contributed by atoms with van der Waals surface area (Å²) in [5.41, 5.74) is 0. The van der Waals surface area contributed by atoms with Crippen molar-refractivity contribution < 1.29 is 9.90 Å². The van der Waals surface area contributed by atoms with Crippen molar-refractivity contribution in [1.82, 2.24) is 4.90 Å². The van der Waals surface area contributed by atoms with Gasteiger partial charge in [-0.2, -0.15) is 0 Å². The Balaban J connectivity index is 0.000000203. The highest BCUT2D eigenvalue weighted by Gasteiger charge is 2.16. The van der Waals surface area contributed by atoms with Crippen LogP contribution in [0, 0.1) is 0 Å². The molecule has 110 valence electrons. The monoisotopic (exact) mass is 268 g/mol. The SMILES string of the molecule is C1CCC2=NCCCN2CC1.CCCCCC(=O)O. The molecule has 4 heteroatoms. The number of carboxylic acids is 1. The molecule has 2 aliphatic heterocycles. The maximum Gasteiger partial charge on any atom is 0.303 e. The number of aliphatic carboxylic acids is 1. The van der Waals surface area contributed by atoms with Gasteiger partial charge in [-0.3, -0.25) is 9.79 Å². The fourth-order valence-corrected chi connectivity index (χ4v) is 2.47. The third-order valence-electron chi connectivity index (χ3n) is 3.57. The molecule has 4 nitrogen and oxygen atoms in total. The van der Waals surface area contributed by atoms with Crippen molar-refractivity contribution in [2.75, 3.05) is 19.6 Å². The molecule has 0 aromatic rings. The maximum atomic E-state index is 9.87. The minimum absolute atomic E-state index is 0.327. The number of hydrogen-bond donors (Lipinski definition) is 1. The van der Waals surface area contributed by atoms with E-state index in [1.807, 2.05) is 0 Å². The van der Waals surface area contributed by atoms with Gasteiger partial charge in [-0.1, -0.05) is 26.2 Å². The Kier molecular flexibility index (Phi) is 8.26. The van der Waals surface area contributed by atoms with Crippen molar-refractivity contribution >= 4 is 11.8 Å². The van der Waals surface area contributed by atoms with Crippen LogP contribution < -0.4 is 0 Å². The topological polar surface area (TPSA) is 52.9 Å². The average Bonchev–Trinajstić information content (AvgIpc) is 2.64. The molecular weight excluding hydrogens is 240 g/mol. The van der Waals surface area contributed by atoms with Crippen molar-refractivity contribution in [3.63, 3.8) is 0 Å². The summed E-state index contributed by atoms with van der Waals surface area (Å²) in [5.74, 6) is 0.715. The number of fused-ring (bicyclic) bond motifs is 1. The number of rotatable bonds is 4. The van der Waals surface area contributed by atoms with Crippen molar-refractivity contribution in [2.45, 2.75) is 64.7 Å². The minimum atomic E-state index is -0.682. The van der Waals surface area contributed by atoms with Crippen LogP contribution in [0.3, 0.4) is 0 Å². The van der Waals surface area contributed by atoms with E-state index in [2.05, 4.69) is 16.8 Å². The smallest absolute Gasteiger partial charge is 0.303 e. The molecule has 1 N–H and O–H groups in total. The molecule has 0 radical (unpaired) electrons. The summed E-state index contributed by atoms with van der Waals surface area (Å²) in [4.78, 5) is 16.9. The Morgan fingerprint density at radius 1 is 1.21 bits per heavy atom. The van der Waals surface area contributed by atoms with E-state index >= 15 is 0 Å². The van der Waals surface area contributed by atoms with Crippen LogP contribution in [0.1, 0.15) is 64.7 Å². The van der Waals surface area contributed by atoms with E-state index in [1.54, 1.807) is 0 Å². The number of unbranched alkanes of at least 4 members (excludes halogenated alkanes) is 2. The lowest BCUT2D eigenvalue weighted by Crippen LogP contribution is -2.34. The van der Waals surface area contributed by atoms with Crippen LogP contribution in [0.2, 0.25) is 0 Å². The molecule has 2 aliphatic rings. The van der Waals surface area contributed by atoms with E-state index in [-0.39, 0.29) is 0 Å². The van der Waals surface area contributed by atoms with Gasteiger partial charge in [0.1, 0.15) is 0 Å². The van der Waals surface area contributed by atoms with E-state index in [1.165, 1.54) is 51.0 Å². The molecule has 0 amide bonds. The van der Waals surface area contributed by atoms with Gasteiger partial charge in [-0.25, -0.2) is 0 Å². The average molecular weight is 268 g/mol. The van der Waals surface area contributed by atoms with Gasteiger partial charge in [0, 0.05) is 32.5 Å². The van der Waals surface area contributed by atoms with Gasteiger partial charge in [-0.05, 0) is 25.7 Å². The Morgan fingerprint density at radius 2 is 2.00 bits per heavy atom. The highest BCUT2D eigenvalue weighted by Crippen LogP contribution is 2.15. The molecule has 0 atom stereocenters. The molecule has 2 rings (SSSR count). The molecule has 19 heavy (non-hydrogen) atoms. The predicted molar refractivity (Wildman–Crippen MR) is 78.7 cm³/mol. The highest BCUT2D eigenvalue weighted by molar-refractivity contribution is 5.83. The number of carbonyl (C=O) groups is 1. The van der Waals surface area contributed by atoms with E-state index in [0.717, 1.165) is 25.8 Å². The summed E-state index contributed by atoms with van der Waals surface area (Å²) < 4.78 is 0. The summed E-state index contributed by atoms with van der Waals surface area (Å²) in [5, 5.41) is 8.14. The fourth-order valence-electron chi connectivity index (χ4n) is 2.47. The summed E-state index contributed by atoms with van der Waals surface area (Å²) in [7, 11) is 0. The zero-order valence-electron chi connectivity index (χ0n) is 12.2. The lowest BCUT2D eigenvalue weighted by Gasteiger charge is -2.27. The summed E-state index contributed by atoms with van der Waals surface area (Å²) in [6.07, 6.45) is 9.91. The predicted octanol–water partition coefficient (Wildman–Crippen LogP) is 3.32. The second kappa shape index (κ2) is 9.82. The van der Waals surface area contributed by atoms with Crippen LogP contribution >= 0.6 is 0 Å². The Morgan fingerprint density at radius 3 is 2.74 bits per heavy atom. The molecule has 0 aliphatic carbocycles. The van der Waals surface area contributed by atoms with Gasteiger partial charge in [0.05, 0.1) is 5.84 Å². The third-order valence-corrected chi connectivity index (χ3v) is 3.57. The van der Waals surface area contributed by atoms with Crippen molar-refractivity contribution in [3.8, 4) is 0 Å². The second-order valence-electron chi connectivity index (χ2n) is 5.30. The van der Waals surface area contributed by atoms with E-state index in [9.17, 15) is 4.79 Å². The molecule has 1 saturated heterocycles. The van der Waals surface area contributed by atoms with E-state index < -0.39 is 5.97 Å². The fraction of sp³-hybridized carbons (Fsp3) is 0.867. The number of hydrogen-bond acceptors (Lipinski definition) is 3. The van der Waals surface area contributed by atoms with Crippen LogP contribution in [0.15, 0.2) is 4.99 Å². The van der Waals surface area contributed by atoms with Gasteiger partial charge in [0.2, 0.25) is 0 Å². The van der Waals surface area contributed by atoms with Gasteiger partial charge in [-0.15, -0.1) is 0 Å². The first kappa shape index (κ1) is 16.0. The Bertz CT molecular complexity index is 290. The van der Waals surface area contributed by atoms with Gasteiger partial charge in [0.25, 0.3) is 0 Å². The van der Waals surface area contributed by atoms with Gasteiger partial charge in [0.15, 0.2) is 0 Å². The molecule has 2 heterocycles. The zero-order chi connectivity index (χ0) is 13.9. The summed E-state index contributed by atoms with van der Waals surface area (Å²) in [6.45, 7) is 5.66. The standard InChI is InChI=1S/C9H16N2.C6H12O2/c1-2-5-9-10-6-4-8-11(9)7-3-1;1-2-3-4-5-6(7)8/h1-8H2;2-5H2,1H3,(H,7,8). The van der Waals surface area contributed by atoms with Crippen molar-refractivity contribution in [3.05, 3.63) is 0 Å². The number of aliphatic imine (C=N–C) groups is 1. The molecule has 0 aromatic heterocycles. The Labute approximate surface area is 116 Å². The number of nitrogens with zero attached hydrogens (tertiary/aromatic N) is 2. The molecule has 0 bridgehead atoms. The highest BCUT2D eigenvalue weighted by atomic mass is 16.4. The summed E-state index contributed by atoms with van der Waals surface area (Å²) >= 11 is 0. The van der Waals surface area contributed by atoms with Crippen LogP contribution in [0.5, 0.6) is 0 Å². The van der Waals surface area contributed by atoms with Gasteiger partial charge < -0.3 is 10.0 Å². The first-order valence-electron chi connectivity index (χ1n) is 7.74. The van der Waals surface area contributed by atoms with Crippen LogP contribution in [-0.2, 0) is 4.79 Å². The van der Waals surface area contributed by atoms with E-state index in [4.69, 9.17) is 5.11 Å². The number of amidine groups is 1. The summed E-state index contributed by atoms with van der Waals surface area (Å²) in [6, 6.07) is 0. The molecule has 0 unspecified atom stereocenters. The molecule has 0 spiro atoms. The van der Waals surface area contributed by atoms with E-state index in [0.29, 0.717) is 6.42 Å². The molecule has 0 saturated carbocycles. The van der Waals surface area contributed by atoms with Gasteiger partial charge >= 0.3 is 5.97 Å². The second-order valence-corrected chi connectivity index (χ2v) is 5.30. The molecular formula is C15H28N2O2. The first-order chi connectivity index (χ1) is 9.24. The number of carboxylic acid groups (broad SMARTS) is 1. The van der Waals surface area contributed by atoms with Crippen molar-refractivity contribution in [1.29, 1.82) is 0 Å². The first-order valence-corrected chi connectivity index (χ1v) is 7.74. The quantitative estimate of drug-likeness (QED) is 0.796. The lowest BCUT2D eigenvalue weighted by molar-refractivity contribution is -0.137. The zero-order valence-corrected chi connectivity index (χ0v) is 12.2. The third kappa shape index (κ3) is 7.19. The van der Waals surface area contributed by atoms with Crippen LogP contribution in [-0.4, -0.2) is 41.4 Å². The largest absolute Gasteiger partial charge is 0.481 e. The Hall–Kier alpha value is -1.06. The normalized spacial score (nSPS) is 18.6. The van der Waals surface area contributed by atoms with Crippen LogP contribution in [0.25, 0.3) is 0 Å².